The molecule has 0 saturated carbocycles. The first kappa shape index (κ1) is 14.8. The van der Waals surface area contributed by atoms with Gasteiger partial charge in [-0.2, -0.15) is 5.26 Å². The van der Waals surface area contributed by atoms with Crippen LogP contribution in [0.25, 0.3) is 0 Å². The van der Waals surface area contributed by atoms with Crippen LogP contribution in [0.5, 0.6) is 0 Å². The minimum Gasteiger partial charge on any atom is -0.462 e. The van der Waals surface area contributed by atoms with Crippen molar-refractivity contribution in [1.29, 1.82) is 5.26 Å². The van der Waals surface area contributed by atoms with Gasteiger partial charge >= 0.3 is 5.97 Å². The number of rotatable bonds is 7. The number of nitrogens with one attached hydrogen (secondary N) is 1. The van der Waals surface area contributed by atoms with E-state index in [9.17, 15) is 4.79 Å². The number of carbonyl (C=O) groups excluding carboxylic acids is 1. The predicted octanol–water partition coefficient (Wildman–Crippen LogP) is 2.53. The number of nitrogens with zero attached hydrogens (tertiary/aromatic N) is 1. The van der Waals surface area contributed by atoms with E-state index in [1.165, 1.54) is 6.20 Å². The maximum absolute atomic E-state index is 11.5. The van der Waals surface area contributed by atoms with E-state index in [4.69, 9.17) is 10.00 Å². The molecule has 1 rings (SSSR count). The molecule has 1 N–H and O–H groups in total. The van der Waals surface area contributed by atoms with E-state index >= 15 is 0 Å². The highest BCUT2D eigenvalue weighted by Gasteiger charge is 2.09. The number of benzene rings is 1. The summed E-state index contributed by atoms with van der Waals surface area (Å²) in [5, 5.41) is 11.8. The Morgan fingerprint density at radius 2 is 2.16 bits per heavy atom. The highest BCUT2D eigenvalue weighted by Crippen LogP contribution is 2.00. The third kappa shape index (κ3) is 5.73. The molecule has 0 aliphatic rings. The molecule has 0 radical (unpaired) electrons. The van der Waals surface area contributed by atoms with Gasteiger partial charge in [0, 0.05) is 12.7 Å². The van der Waals surface area contributed by atoms with Gasteiger partial charge in [0.1, 0.15) is 6.07 Å². The molecule has 1 aromatic rings. The standard InChI is InChI=1S/C15H18N2O2/c1-2-3-9-19-15(18)14(10-16)12-17-11-13-7-5-4-6-8-13/h4-8,12,17H,2-3,9,11H2,1H3. The van der Waals surface area contributed by atoms with Crippen LogP contribution in [0, 0.1) is 11.3 Å². The minimum atomic E-state index is -0.573. The molecule has 0 fully saturated rings. The zero-order valence-electron chi connectivity index (χ0n) is 11.1. The van der Waals surface area contributed by atoms with Crippen molar-refractivity contribution in [2.75, 3.05) is 6.61 Å². The Hall–Kier alpha value is -2.28. The molecule has 0 bridgehead atoms. The Bertz CT molecular complexity index is 461. The van der Waals surface area contributed by atoms with Crippen LogP contribution in [-0.4, -0.2) is 12.6 Å². The quantitative estimate of drug-likeness (QED) is 0.353. The minimum absolute atomic E-state index is 0.00738. The first-order chi connectivity index (χ1) is 9.27. The molecule has 0 aliphatic carbocycles. The van der Waals surface area contributed by atoms with Crippen molar-refractivity contribution in [3.8, 4) is 6.07 Å². The van der Waals surface area contributed by atoms with Crippen molar-refractivity contribution < 1.29 is 9.53 Å². The molecule has 0 aliphatic heterocycles. The normalized spacial score (nSPS) is 10.6. The van der Waals surface area contributed by atoms with Crippen LogP contribution in [0.2, 0.25) is 0 Å². The second kappa shape index (κ2) is 8.76. The summed E-state index contributed by atoms with van der Waals surface area (Å²) in [6, 6.07) is 11.6. The fourth-order valence-corrected chi connectivity index (χ4v) is 1.39. The topological polar surface area (TPSA) is 62.1 Å². The van der Waals surface area contributed by atoms with Crippen molar-refractivity contribution in [3.05, 3.63) is 47.7 Å². The third-order valence-electron chi connectivity index (χ3n) is 2.47. The molecular formula is C15H18N2O2. The molecule has 0 spiro atoms. The molecule has 4 nitrogen and oxygen atoms in total. The van der Waals surface area contributed by atoms with Gasteiger partial charge in [-0.15, -0.1) is 0 Å². The Labute approximate surface area is 113 Å². The van der Waals surface area contributed by atoms with Crippen LogP contribution in [-0.2, 0) is 16.1 Å². The number of hydrogen-bond donors (Lipinski definition) is 1. The first-order valence-corrected chi connectivity index (χ1v) is 6.32. The van der Waals surface area contributed by atoms with Gasteiger partial charge in [-0.25, -0.2) is 4.79 Å². The summed E-state index contributed by atoms with van der Waals surface area (Å²) in [4.78, 5) is 11.5. The third-order valence-corrected chi connectivity index (χ3v) is 2.47. The Kier molecular flexibility index (Phi) is 6.81. The van der Waals surface area contributed by atoms with Gasteiger partial charge in [0.2, 0.25) is 0 Å². The SMILES string of the molecule is CCCCOC(=O)C(C#N)=CNCc1ccccc1. The number of unbranched alkanes of at least 4 members (excludes halogenated alkanes) is 1. The lowest BCUT2D eigenvalue weighted by molar-refractivity contribution is -0.138. The zero-order valence-corrected chi connectivity index (χ0v) is 11.1. The van der Waals surface area contributed by atoms with Crippen LogP contribution in [0.4, 0.5) is 0 Å². The molecule has 0 unspecified atom stereocenters. The number of esters is 1. The lowest BCUT2D eigenvalue weighted by atomic mass is 10.2. The highest BCUT2D eigenvalue weighted by molar-refractivity contribution is 5.92. The number of nitriles is 1. The predicted molar refractivity (Wildman–Crippen MR) is 72.8 cm³/mol. The van der Waals surface area contributed by atoms with Gasteiger partial charge in [-0.1, -0.05) is 43.7 Å². The van der Waals surface area contributed by atoms with Gasteiger partial charge in [-0.05, 0) is 12.0 Å². The number of ether oxygens (including phenoxy) is 1. The Balaban J connectivity index is 2.44. The van der Waals surface area contributed by atoms with Gasteiger partial charge in [0.15, 0.2) is 5.57 Å². The van der Waals surface area contributed by atoms with E-state index in [0.29, 0.717) is 13.2 Å². The summed E-state index contributed by atoms with van der Waals surface area (Å²) in [5.74, 6) is -0.573. The van der Waals surface area contributed by atoms with Crippen molar-refractivity contribution in [2.45, 2.75) is 26.3 Å². The van der Waals surface area contributed by atoms with Gasteiger partial charge in [0.05, 0.1) is 6.61 Å². The monoisotopic (exact) mass is 258 g/mol. The van der Waals surface area contributed by atoms with E-state index in [-0.39, 0.29) is 5.57 Å². The van der Waals surface area contributed by atoms with E-state index in [0.717, 1.165) is 18.4 Å². The molecule has 0 aromatic heterocycles. The van der Waals surface area contributed by atoms with Gasteiger partial charge in [0.25, 0.3) is 0 Å². The summed E-state index contributed by atoms with van der Waals surface area (Å²) in [6.07, 6.45) is 3.16. The summed E-state index contributed by atoms with van der Waals surface area (Å²) in [5.41, 5.74) is 1.07. The van der Waals surface area contributed by atoms with Crippen molar-refractivity contribution in [1.82, 2.24) is 5.32 Å². The van der Waals surface area contributed by atoms with Crippen molar-refractivity contribution in [2.24, 2.45) is 0 Å². The Morgan fingerprint density at radius 1 is 1.42 bits per heavy atom. The molecule has 0 saturated heterocycles. The van der Waals surface area contributed by atoms with E-state index in [1.54, 1.807) is 0 Å². The van der Waals surface area contributed by atoms with Crippen LogP contribution in [0.15, 0.2) is 42.1 Å². The van der Waals surface area contributed by atoms with Gasteiger partial charge < -0.3 is 10.1 Å². The van der Waals surface area contributed by atoms with Gasteiger partial charge in [-0.3, -0.25) is 0 Å². The average Bonchev–Trinajstić information content (AvgIpc) is 2.45. The fourth-order valence-electron chi connectivity index (χ4n) is 1.39. The Morgan fingerprint density at radius 3 is 2.79 bits per heavy atom. The molecule has 19 heavy (non-hydrogen) atoms. The smallest absolute Gasteiger partial charge is 0.350 e. The molecule has 0 atom stereocenters. The lowest BCUT2D eigenvalue weighted by Crippen LogP contribution is -2.12. The van der Waals surface area contributed by atoms with Crippen LogP contribution in [0.1, 0.15) is 25.3 Å². The summed E-state index contributed by atoms with van der Waals surface area (Å²) in [7, 11) is 0. The van der Waals surface area contributed by atoms with Crippen molar-refractivity contribution >= 4 is 5.97 Å². The summed E-state index contributed by atoms with van der Waals surface area (Å²) >= 11 is 0. The molecule has 0 amide bonds. The number of hydrogen-bond acceptors (Lipinski definition) is 4. The second-order valence-corrected chi connectivity index (χ2v) is 4.03. The largest absolute Gasteiger partial charge is 0.462 e. The molecule has 1 aromatic carbocycles. The van der Waals surface area contributed by atoms with Crippen LogP contribution in [0.3, 0.4) is 0 Å². The summed E-state index contributed by atoms with van der Waals surface area (Å²) < 4.78 is 4.97. The highest BCUT2D eigenvalue weighted by atomic mass is 16.5. The zero-order chi connectivity index (χ0) is 13.9. The summed E-state index contributed by atoms with van der Waals surface area (Å²) in [6.45, 7) is 2.93. The maximum Gasteiger partial charge on any atom is 0.350 e. The first-order valence-electron chi connectivity index (χ1n) is 6.32. The fraction of sp³-hybridized carbons (Fsp3) is 0.333. The van der Waals surface area contributed by atoms with E-state index in [1.807, 2.05) is 43.3 Å². The number of carbonyl (C=O) groups is 1. The van der Waals surface area contributed by atoms with E-state index in [2.05, 4.69) is 5.32 Å². The van der Waals surface area contributed by atoms with Crippen LogP contribution >= 0.6 is 0 Å². The maximum atomic E-state index is 11.5. The van der Waals surface area contributed by atoms with Crippen molar-refractivity contribution in [3.63, 3.8) is 0 Å². The lowest BCUT2D eigenvalue weighted by Gasteiger charge is -2.04. The van der Waals surface area contributed by atoms with E-state index < -0.39 is 5.97 Å². The van der Waals surface area contributed by atoms with Crippen LogP contribution < -0.4 is 5.32 Å². The molecular weight excluding hydrogens is 240 g/mol. The molecule has 4 heteroatoms. The molecule has 100 valence electrons. The second-order valence-electron chi connectivity index (χ2n) is 4.03. The molecule has 0 heterocycles. The average molecular weight is 258 g/mol.